The molecule has 142 valence electrons. The van der Waals surface area contributed by atoms with Crippen molar-refractivity contribution in [2.24, 2.45) is 11.8 Å². The van der Waals surface area contributed by atoms with E-state index in [-0.39, 0.29) is 0 Å². The highest BCUT2D eigenvalue weighted by molar-refractivity contribution is 8.76. The third kappa shape index (κ3) is 6.74. The van der Waals surface area contributed by atoms with Gasteiger partial charge in [-0.1, -0.05) is 101 Å². The van der Waals surface area contributed by atoms with E-state index in [4.69, 9.17) is 0 Å². The topological polar surface area (TPSA) is 12.9 Å². The Morgan fingerprint density at radius 1 is 0.846 bits per heavy atom. The molecule has 2 atom stereocenters. The molecule has 0 spiro atoms. The summed E-state index contributed by atoms with van der Waals surface area (Å²) in [6.45, 7) is 9.20. The van der Waals surface area contributed by atoms with Crippen molar-refractivity contribution in [2.45, 2.75) is 43.9 Å². The van der Waals surface area contributed by atoms with Crippen LogP contribution in [-0.4, -0.2) is 11.2 Å². The van der Waals surface area contributed by atoms with Crippen LogP contribution in [0.4, 0.5) is 0 Å². The van der Waals surface area contributed by atoms with Gasteiger partial charge in [0.1, 0.15) is 0 Å². The molecule has 1 nitrogen and oxygen atoms in total. The summed E-state index contributed by atoms with van der Waals surface area (Å²) in [5.41, 5.74) is 4.00. The van der Waals surface area contributed by atoms with Gasteiger partial charge in [-0.15, -0.1) is 0 Å². The summed E-state index contributed by atoms with van der Waals surface area (Å²) in [6.07, 6.45) is 4.13. The Morgan fingerprint density at radius 2 is 1.50 bits per heavy atom. The van der Waals surface area contributed by atoms with Gasteiger partial charge in [0, 0.05) is 22.4 Å². The van der Waals surface area contributed by atoms with E-state index in [1.165, 1.54) is 16.8 Å². The normalized spacial score (nSPS) is 14.0. The van der Waals surface area contributed by atoms with Gasteiger partial charge in [-0.05, 0) is 41.4 Å². The zero-order valence-corrected chi connectivity index (χ0v) is 19.5. The minimum absolute atomic E-state index is 0.514. The molecule has 26 heavy (non-hydrogen) atoms. The van der Waals surface area contributed by atoms with E-state index < -0.39 is 0 Å². The predicted octanol–water partition coefficient (Wildman–Crippen LogP) is 8.07. The van der Waals surface area contributed by atoms with Crippen molar-refractivity contribution in [1.82, 2.24) is 4.98 Å². The molecule has 2 unspecified atom stereocenters. The third-order valence-corrected chi connectivity index (χ3v) is 9.46. The average molecular weight is 424 g/mol. The lowest BCUT2D eigenvalue weighted by molar-refractivity contribution is 0.634. The van der Waals surface area contributed by atoms with Gasteiger partial charge in [-0.2, -0.15) is 0 Å². The van der Waals surface area contributed by atoms with Crippen LogP contribution >= 0.6 is 43.2 Å². The molecule has 2 rings (SSSR count). The lowest BCUT2D eigenvalue weighted by atomic mass is 10.0. The summed E-state index contributed by atoms with van der Waals surface area (Å²) >= 11 is 0. The van der Waals surface area contributed by atoms with Crippen molar-refractivity contribution in [3.8, 4) is 0 Å². The number of benzene rings is 1. The fraction of sp³-hybridized carbons (Fsp3) is 0.476. The van der Waals surface area contributed by atoms with Gasteiger partial charge in [0.2, 0.25) is 0 Å². The van der Waals surface area contributed by atoms with Gasteiger partial charge in [0.15, 0.2) is 0 Å². The van der Waals surface area contributed by atoms with Crippen molar-refractivity contribution in [3.05, 3.63) is 65.5 Å². The molecule has 1 aromatic heterocycles. The molecule has 0 aliphatic carbocycles. The SMILES string of the molecule is CSSC(c1ccnc(CSSC(c2ccccc2)C(C)C)c1)C(C)C. The second-order valence-corrected chi connectivity index (χ2v) is 12.1. The van der Waals surface area contributed by atoms with E-state index >= 15 is 0 Å². The van der Waals surface area contributed by atoms with E-state index in [1.807, 2.05) is 49.4 Å². The molecule has 0 aliphatic rings. The highest BCUT2D eigenvalue weighted by Gasteiger charge is 2.18. The van der Waals surface area contributed by atoms with Crippen LogP contribution in [0.3, 0.4) is 0 Å². The van der Waals surface area contributed by atoms with Crippen molar-refractivity contribution < 1.29 is 0 Å². The van der Waals surface area contributed by atoms with E-state index in [9.17, 15) is 0 Å². The van der Waals surface area contributed by atoms with Crippen molar-refractivity contribution in [2.75, 3.05) is 6.26 Å². The molecule has 0 bridgehead atoms. The maximum Gasteiger partial charge on any atom is 0.0514 e. The molecule has 0 saturated carbocycles. The summed E-state index contributed by atoms with van der Waals surface area (Å²) in [5, 5.41) is 1.04. The van der Waals surface area contributed by atoms with Crippen LogP contribution in [0, 0.1) is 11.8 Å². The van der Waals surface area contributed by atoms with Crippen LogP contribution in [0.25, 0.3) is 0 Å². The lowest BCUT2D eigenvalue weighted by Crippen LogP contribution is -2.03. The maximum absolute atomic E-state index is 4.61. The van der Waals surface area contributed by atoms with Crippen LogP contribution in [0.5, 0.6) is 0 Å². The van der Waals surface area contributed by atoms with Crippen LogP contribution in [0.1, 0.15) is 55.0 Å². The summed E-state index contributed by atoms with van der Waals surface area (Å²) in [6, 6.07) is 15.3. The van der Waals surface area contributed by atoms with Gasteiger partial charge < -0.3 is 0 Å². The molecule has 2 aromatic rings. The van der Waals surface area contributed by atoms with Gasteiger partial charge in [-0.25, -0.2) is 0 Å². The monoisotopic (exact) mass is 423 g/mol. The number of nitrogens with zero attached hydrogens (tertiary/aromatic N) is 1. The van der Waals surface area contributed by atoms with Crippen LogP contribution in [0.15, 0.2) is 48.7 Å². The number of pyridine rings is 1. The smallest absolute Gasteiger partial charge is 0.0514 e. The quantitative estimate of drug-likeness (QED) is 0.357. The van der Waals surface area contributed by atoms with Crippen LogP contribution in [-0.2, 0) is 5.75 Å². The van der Waals surface area contributed by atoms with Crippen molar-refractivity contribution in [3.63, 3.8) is 0 Å². The van der Waals surface area contributed by atoms with E-state index in [0.717, 1.165) is 5.75 Å². The zero-order valence-electron chi connectivity index (χ0n) is 16.2. The number of aromatic nitrogens is 1. The fourth-order valence-corrected chi connectivity index (χ4v) is 8.07. The van der Waals surface area contributed by atoms with E-state index in [0.29, 0.717) is 22.3 Å². The summed E-state index contributed by atoms with van der Waals surface area (Å²) in [4.78, 5) is 4.61. The Balaban J connectivity index is 1.99. The second kappa shape index (κ2) is 11.6. The van der Waals surface area contributed by atoms with Gasteiger partial charge >= 0.3 is 0 Å². The van der Waals surface area contributed by atoms with Gasteiger partial charge in [-0.3, -0.25) is 4.98 Å². The average Bonchev–Trinajstić information content (AvgIpc) is 2.63. The molecule has 5 heteroatoms. The molecule has 0 fully saturated rings. The van der Waals surface area contributed by atoms with Gasteiger partial charge in [0.25, 0.3) is 0 Å². The minimum Gasteiger partial charge on any atom is -0.260 e. The first-order chi connectivity index (χ1) is 12.5. The zero-order chi connectivity index (χ0) is 18.9. The molecule has 1 heterocycles. The maximum atomic E-state index is 4.61. The molecule has 0 amide bonds. The van der Waals surface area contributed by atoms with Crippen LogP contribution in [0.2, 0.25) is 0 Å². The van der Waals surface area contributed by atoms with Crippen molar-refractivity contribution in [1.29, 1.82) is 0 Å². The molecule has 1 aromatic carbocycles. The van der Waals surface area contributed by atoms with E-state index in [1.54, 1.807) is 0 Å². The first kappa shape index (κ1) is 22.1. The molecular formula is C21H29NS4. The minimum atomic E-state index is 0.514. The first-order valence-corrected chi connectivity index (χ1v) is 14.0. The van der Waals surface area contributed by atoms with Gasteiger partial charge in [0.05, 0.1) is 5.69 Å². The Morgan fingerprint density at radius 3 is 2.12 bits per heavy atom. The molecular weight excluding hydrogens is 395 g/mol. The number of hydrogen-bond acceptors (Lipinski definition) is 5. The summed E-state index contributed by atoms with van der Waals surface area (Å²) in [7, 11) is 7.70. The Kier molecular flexibility index (Phi) is 9.82. The standard InChI is InChI=1S/C21H29NS4/c1-15(2)20(17-9-7-6-8-10-17)26-24-14-19-13-18(11-12-22-19)21(16(3)4)25-23-5/h6-13,15-16,20-21H,14H2,1-5H3. The Bertz CT molecular complexity index is 645. The number of rotatable bonds is 10. The van der Waals surface area contributed by atoms with E-state index in [2.05, 4.69) is 81.4 Å². The third-order valence-electron chi connectivity index (χ3n) is 4.09. The first-order valence-electron chi connectivity index (χ1n) is 9.00. The Labute approximate surface area is 175 Å². The largest absolute Gasteiger partial charge is 0.260 e. The Hall–Kier alpha value is -0.230. The molecule has 0 saturated heterocycles. The fourth-order valence-electron chi connectivity index (χ4n) is 2.77. The highest BCUT2D eigenvalue weighted by Crippen LogP contribution is 2.45. The van der Waals surface area contributed by atoms with Crippen LogP contribution < -0.4 is 0 Å². The molecule has 0 radical (unpaired) electrons. The highest BCUT2D eigenvalue weighted by atomic mass is 33.1. The summed E-state index contributed by atoms with van der Waals surface area (Å²) < 4.78 is 0. The molecule has 0 aliphatic heterocycles. The predicted molar refractivity (Wildman–Crippen MR) is 126 cm³/mol. The van der Waals surface area contributed by atoms with Crippen molar-refractivity contribution >= 4 is 43.2 Å². The molecule has 0 N–H and O–H groups in total. The summed E-state index contributed by atoms with van der Waals surface area (Å²) in [5.74, 6) is 2.18. The number of hydrogen-bond donors (Lipinski definition) is 0. The second-order valence-electron chi connectivity index (χ2n) is 6.94. The lowest BCUT2D eigenvalue weighted by Gasteiger charge is -2.21.